The van der Waals surface area contributed by atoms with E-state index in [0.717, 1.165) is 23.0 Å². The molecule has 0 saturated carbocycles. The molecule has 3 aromatic rings. The maximum atomic E-state index is 12.6. The number of hydrogen-bond donors (Lipinski definition) is 2. The molecule has 7 heteroatoms. The van der Waals surface area contributed by atoms with Crippen molar-refractivity contribution in [1.29, 1.82) is 0 Å². The van der Waals surface area contributed by atoms with Gasteiger partial charge >= 0.3 is 0 Å². The van der Waals surface area contributed by atoms with Crippen LogP contribution in [-0.4, -0.2) is 16.7 Å². The third kappa shape index (κ3) is 2.94. The van der Waals surface area contributed by atoms with E-state index in [1.54, 1.807) is 6.07 Å². The molecule has 1 aliphatic carbocycles. The van der Waals surface area contributed by atoms with Crippen molar-refractivity contribution >= 4 is 60.5 Å². The lowest BCUT2D eigenvalue weighted by Crippen LogP contribution is -2.12. The first-order chi connectivity index (χ1) is 12.0. The fourth-order valence-corrected chi connectivity index (χ4v) is 4.37. The van der Waals surface area contributed by atoms with Crippen molar-refractivity contribution in [3.05, 3.63) is 50.9 Å². The molecular weight excluding hydrogens is 402 g/mol. The summed E-state index contributed by atoms with van der Waals surface area (Å²) in [6.07, 6.45) is 2.15. The highest BCUT2D eigenvalue weighted by molar-refractivity contribution is 9.10. The van der Waals surface area contributed by atoms with E-state index in [0.29, 0.717) is 38.5 Å². The second-order valence-electron chi connectivity index (χ2n) is 5.92. The van der Waals surface area contributed by atoms with Crippen molar-refractivity contribution in [3.8, 4) is 0 Å². The van der Waals surface area contributed by atoms with Crippen LogP contribution in [0.1, 0.15) is 38.6 Å². The summed E-state index contributed by atoms with van der Waals surface area (Å²) >= 11 is 4.64. The highest BCUT2D eigenvalue weighted by Crippen LogP contribution is 2.35. The van der Waals surface area contributed by atoms with Crippen LogP contribution in [0.15, 0.2) is 34.8 Å². The van der Waals surface area contributed by atoms with Gasteiger partial charge in [-0.05, 0) is 37.1 Å². The summed E-state index contributed by atoms with van der Waals surface area (Å²) in [6, 6.07) is 9.14. The van der Waals surface area contributed by atoms with Gasteiger partial charge in [0, 0.05) is 27.5 Å². The molecule has 0 bridgehead atoms. The van der Waals surface area contributed by atoms with Crippen LogP contribution in [0.5, 0.6) is 0 Å². The monoisotopic (exact) mass is 415 g/mol. The van der Waals surface area contributed by atoms with Gasteiger partial charge in [0.1, 0.15) is 9.71 Å². The molecule has 0 aliphatic heterocycles. The minimum atomic E-state index is -0.275. The predicted molar refractivity (Wildman–Crippen MR) is 103 cm³/mol. The lowest BCUT2D eigenvalue weighted by Gasteiger charge is -2.13. The fraction of sp³-hybridized carbons (Fsp3) is 0.167. The molecule has 4 rings (SSSR count). The number of nitrogens with two attached hydrogens (primary N) is 1. The van der Waals surface area contributed by atoms with Gasteiger partial charge in [0.25, 0.3) is 5.91 Å². The second-order valence-corrected chi connectivity index (χ2v) is 7.84. The van der Waals surface area contributed by atoms with E-state index in [2.05, 4.69) is 26.2 Å². The number of nitrogens with one attached hydrogen (secondary N) is 1. The summed E-state index contributed by atoms with van der Waals surface area (Å²) in [4.78, 5) is 30.4. The number of thiophene rings is 1. The summed E-state index contributed by atoms with van der Waals surface area (Å²) in [5, 5.41) is 3.52. The number of aryl methyl sites for hydroxylation is 1. The molecule has 1 aromatic carbocycles. The Morgan fingerprint density at radius 3 is 2.92 bits per heavy atom. The van der Waals surface area contributed by atoms with Crippen molar-refractivity contribution < 1.29 is 9.59 Å². The lowest BCUT2D eigenvalue weighted by atomic mass is 9.94. The first kappa shape index (κ1) is 16.2. The van der Waals surface area contributed by atoms with E-state index < -0.39 is 0 Å². The number of amides is 1. The first-order valence-corrected chi connectivity index (χ1v) is 9.46. The van der Waals surface area contributed by atoms with Crippen molar-refractivity contribution in [1.82, 2.24) is 4.98 Å². The number of ketones is 1. The standard InChI is InChI=1S/C18H14BrN3O2S/c19-9-3-1-4-10(7-9)21-17(24)16-15(20)12-8-11-13(22-18(12)25-16)5-2-6-14(11)23/h1,3-4,7-8H,2,5-6,20H2,(H,21,24). The number of Topliss-reactive ketones (excluding diaryl/α,β-unsaturated/α-hetero) is 1. The summed E-state index contributed by atoms with van der Waals surface area (Å²) in [7, 11) is 0. The van der Waals surface area contributed by atoms with Gasteiger partial charge in [-0.3, -0.25) is 9.59 Å². The Morgan fingerprint density at radius 2 is 2.12 bits per heavy atom. The third-order valence-electron chi connectivity index (χ3n) is 4.21. The SMILES string of the molecule is Nc1c(C(=O)Nc2cccc(Br)c2)sc2nc3c(cc12)C(=O)CCC3. The molecule has 126 valence electrons. The number of aromatic nitrogens is 1. The molecule has 2 aromatic heterocycles. The maximum absolute atomic E-state index is 12.6. The quantitative estimate of drug-likeness (QED) is 0.648. The van der Waals surface area contributed by atoms with Gasteiger partial charge < -0.3 is 11.1 Å². The summed E-state index contributed by atoms with van der Waals surface area (Å²) < 4.78 is 0.877. The van der Waals surface area contributed by atoms with E-state index in [-0.39, 0.29) is 11.7 Å². The Hall–Kier alpha value is -2.25. The highest BCUT2D eigenvalue weighted by atomic mass is 79.9. The number of nitrogens with zero attached hydrogens (tertiary/aromatic N) is 1. The lowest BCUT2D eigenvalue weighted by molar-refractivity contribution is 0.0970. The molecule has 2 heterocycles. The number of nitrogen functional groups attached to an aromatic ring is 1. The number of pyridine rings is 1. The first-order valence-electron chi connectivity index (χ1n) is 7.85. The average Bonchev–Trinajstić information content (AvgIpc) is 2.90. The van der Waals surface area contributed by atoms with Crippen molar-refractivity contribution in [2.45, 2.75) is 19.3 Å². The fourth-order valence-electron chi connectivity index (χ4n) is 2.98. The minimum Gasteiger partial charge on any atom is -0.397 e. The van der Waals surface area contributed by atoms with Gasteiger partial charge in [0.05, 0.1) is 11.4 Å². The normalized spacial score (nSPS) is 13.7. The largest absolute Gasteiger partial charge is 0.397 e. The Labute approximate surface area is 156 Å². The molecule has 5 nitrogen and oxygen atoms in total. The molecule has 0 unspecified atom stereocenters. The Balaban J connectivity index is 1.74. The summed E-state index contributed by atoms with van der Waals surface area (Å²) in [5.74, 6) is -0.177. The smallest absolute Gasteiger partial charge is 0.267 e. The number of carbonyl (C=O) groups excluding carboxylic acids is 2. The zero-order valence-electron chi connectivity index (χ0n) is 13.1. The number of benzene rings is 1. The van der Waals surface area contributed by atoms with Crippen molar-refractivity contribution in [3.63, 3.8) is 0 Å². The number of anilines is 2. The van der Waals surface area contributed by atoms with Gasteiger partial charge in [-0.15, -0.1) is 11.3 Å². The van der Waals surface area contributed by atoms with Crippen LogP contribution in [0.3, 0.4) is 0 Å². The van der Waals surface area contributed by atoms with Gasteiger partial charge in [-0.25, -0.2) is 4.98 Å². The molecule has 0 saturated heterocycles. The topological polar surface area (TPSA) is 85.1 Å². The minimum absolute atomic E-state index is 0.0985. The molecule has 1 amide bonds. The summed E-state index contributed by atoms with van der Waals surface area (Å²) in [6.45, 7) is 0. The van der Waals surface area contributed by atoms with Gasteiger partial charge in [0.2, 0.25) is 0 Å². The number of rotatable bonds is 2. The number of fused-ring (bicyclic) bond motifs is 2. The van der Waals surface area contributed by atoms with Gasteiger partial charge in [0.15, 0.2) is 5.78 Å². The molecule has 0 fully saturated rings. The number of halogens is 1. The number of hydrogen-bond acceptors (Lipinski definition) is 5. The molecule has 1 aliphatic rings. The van der Waals surface area contributed by atoms with Crippen molar-refractivity contribution in [2.24, 2.45) is 0 Å². The van der Waals surface area contributed by atoms with E-state index in [1.165, 1.54) is 11.3 Å². The highest BCUT2D eigenvalue weighted by Gasteiger charge is 2.23. The van der Waals surface area contributed by atoms with Crippen LogP contribution in [0.25, 0.3) is 10.2 Å². The van der Waals surface area contributed by atoms with Crippen LogP contribution < -0.4 is 11.1 Å². The zero-order chi connectivity index (χ0) is 17.6. The van der Waals surface area contributed by atoms with Crippen LogP contribution >= 0.6 is 27.3 Å². The molecule has 25 heavy (non-hydrogen) atoms. The molecule has 0 atom stereocenters. The Morgan fingerprint density at radius 1 is 1.28 bits per heavy atom. The van der Waals surface area contributed by atoms with Crippen molar-refractivity contribution in [2.75, 3.05) is 11.1 Å². The molecule has 3 N–H and O–H groups in total. The van der Waals surface area contributed by atoms with Crippen LogP contribution in [-0.2, 0) is 6.42 Å². The summed E-state index contributed by atoms with van der Waals surface area (Å²) in [5.41, 5.74) is 8.70. The van der Waals surface area contributed by atoms with Crippen LogP contribution in [0.2, 0.25) is 0 Å². The van der Waals surface area contributed by atoms with Gasteiger partial charge in [-0.1, -0.05) is 22.0 Å². The zero-order valence-corrected chi connectivity index (χ0v) is 15.5. The predicted octanol–water partition coefficient (Wildman–Crippen LogP) is 4.41. The van der Waals surface area contributed by atoms with E-state index in [9.17, 15) is 9.59 Å². The Kier molecular flexibility index (Phi) is 4.05. The maximum Gasteiger partial charge on any atom is 0.267 e. The Bertz CT molecular complexity index is 1030. The van der Waals surface area contributed by atoms with E-state index in [4.69, 9.17) is 5.73 Å². The van der Waals surface area contributed by atoms with E-state index in [1.807, 2.05) is 24.3 Å². The second kappa shape index (κ2) is 6.24. The van der Waals surface area contributed by atoms with Crippen LogP contribution in [0.4, 0.5) is 11.4 Å². The molecule has 0 radical (unpaired) electrons. The molecule has 0 spiro atoms. The average molecular weight is 416 g/mol. The van der Waals surface area contributed by atoms with E-state index >= 15 is 0 Å². The third-order valence-corrected chi connectivity index (χ3v) is 5.81. The number of carbonyl (C=O) groups is 2. The molecular formula is C18H14BrN3O2S. The van der Waals surface area contributed by atoms with Gasteiger partial charge in [-0.2, -0.15) is 0 Å². The van der Waals surface area contributed by atoms with Crippen LogP contribution in [0, 0.1) is 0 Å².